The minimum absolute atomic E-state index is 0.211. The number of ether oxygens (including phenoxy) is 1. The van der Waals surface area contributed by atoms with Crippen LogP contribution in [0.1, 0.15) is 13.8 Å². The summed E-state index contributed by atoms with van der Waals surface area (Å²) in [4.78, 5) is 21.5. The summed E-state index contributed by atoms with van der Waals surface area (Å²) in [5.41, 5.74) is 2.23. The Balaban J connectivity index is 1.83. The predicted octanol–water partition coefficient (Wildman–Crippen LogP) is 4.65. The van der Waals surface area contributed by atoms with E-state index in [1.54, 1.807) is 17.7 Å². The number of nitrogens with zero attached hydrogens (tertiary/aromatic N) is 2. The zero-order chi connectivity index (χ0) is 16.9. The highest BCUT2D eigenvalue weighted by molar-refractivity contribution is 8.00. The molecule has 6 heteroatoms. The minimum Gasteiger partial charge on any atom is -0.465 e. The molecular formula is C18H18N2O2S2. The lowest BCUT2D eigenvalue weighted by atomic mass is 10.1. The number of hydrogen-bond donors (Lipinski definition) is 0. The monoisotopic (exact) mass is 358 g/mol. The lowest BCUT2D eigenvalue weighted by molar-refractivity contribution is -0.141. The molecule has 3 rings (SSSR count). The standard InChI is InChI=1S/C18H18N2O2S2/c1-12(2)8-22-15(21)10-24-18-16-14(13-6-4-3-5-7-13)9-23-17(16)19-11-20-18/h3-7,9,11-12H,8,10H2,1-2H3. The van der Waals surface area contributed by atoms with Gasteiger partial charge in [0.15, 0.2) is 0 Å². The first kappa shape index (κ1) is 16.9. The molecule has 0 spiro atoms. The second kappa shape index (κ2) is 7.77. The molecule has 0 aliphatic rings. The fraction of sp³-hybridized carbons (Fsp3) is 0.278. The van der Waals surface area contributed by atoms with E-state index in [1.807, 2.05) is 32.0 Å². The second-order valence-electron chi connectivity index (χ2n) is 5.74. The summed E-state index contributed by atoms with van der Waals surface area (Å²) in [6.07, 6.45) is 1.55. The van der Waals surface area contributed by atoms with Crippen molar-refractivity contribution >= 4 is 39.3 Å². The zero-order valence-electron chi connectivity index (χ0n) is 13.6. The minimum atomic E-state index is -0.211. The van der Waals surface area contributed by atoms with Crippen LogP contribution in [0, 0.1) is 5.92 Å². The van der Waals surface area contributed by atoms with Crippen LogP contribution >= 0.6 is 23.1 Å². The number of hydrogen-bond acceptors (Lipinski definition) is 6. The number of fused-ring (bicyclic) bond motifs is 1. The van der Waals surface area contributed by atoms with Gasteiger partial charge in [0, 0.05) is 10.9 Å². The molecule has 4 nitrogen and oxygen atoms in total. The number of esters is 1. The van der Waals surface area contributed by atoms with Crippen LogP contribution in [0.15, 0.2) is 47.1 Å². The number of carbonyl (C=O) groups excluding carboxylic acids is 1. The quantitative estimate of drug-likeness (QED) is 0.365. The molecule has 0 N–H and O–H groups in total. The van der Waals surface area contributed by atoms with Crippen LogP contribution in [0.2, 0.25) is 0 Å². The Morgan fingerprint density at radius 3 is 2.79 bits per heavy atom. The Labute approximate surface area is 149 Å². The fourth-order valence-corrected chi connectivity index (χ4v) is 4.01. The molecule has 0 fully saturated rings. The summed E-state index contributed by atoms with van der Waals surface area (Å²) in [6.45, 7) is 4.49. The van der Waals surface area contributed by atoms with E-state index in [0.29, 0.717) is 12.5 Å². The van der Waals surface area contributed by atoms with Gasteiger partial charge in [-0.05, 0) is 11.5 Å². The van der Waals surface area contributed by atoms with Gasteiger partial charge in [0.1, 0.15) is 16.2 Å². The Bertz CT molecular complexity index is 831. The zero-order valence-corrected chi connectivity index (χ0v) is 15.2. The van der Waals surface area contributed by atoms with Crippen molar-refractivity contribution in [1.29, 1.82) is 0 Å². The Morgan fingerprint density at radius 2 is 2.04 bits per heavy atom. The van der Waals surface area contributed by atoms with Crippen molar-refractivity contribution in [2.24, 2.45) is 5.92 Å². The van der Waals surface area contributed by atoms with Crippen LogP contribution in [-0.2, 0) is 9.53 Å². The number of aromatic nitrogens is 2. The van der Waals surface area contributed by atoms with Gasteiger partial charge in [0.05, 0.1) is 17.7 Å². The average molecular weight is 358 g/mol. The van der Waals surface area contributed by atoms with E-state index in [0.717, 1.165) is 26.4 Å². The van der Waals surface area contributed by atoms with Crippen LogP contribution in [0.5, 0.6) is 0 Å². The third kappa shape index (κ3) is 3.94. The van der Waals surface area contributed by atoms with Crippen LogP contribution in [0.4, 0.5) is 0 Å². The van der Waals surface area contributed by atoms with E-state index in [2.05, 4.69) is 27.5 Å². The van der Waals surface area contributed by atoms with E-state index in [-0.39, 0.29) is 11.7 Å². The van der Waals surface area contributed by atoms with Gasteiger partial charge in [-0.15, -0.1) is 11.3 Å². The molecule has 0 aliphatic carbocycles. The van der Waals surface area contributed by atoms with E-state index >= 15 is 0 Å². The molecule has 0 aliphatic heterocycles. The van der Waals surface area contributed by atoms with Crippen LogP contribution in [-0.4, -0.2) is 28.3 Å². The van der Waals surface area contributed by atoms with Crippen molar-refractivity contribution < 1.29 is 9.53 Å². The van der Waals surface area contributed by atoms with Gasteiger partial charge in [-0.2, -0.15) is 0 Å². The first-order chi connectivity index (χ1) is 11.6. The summed E-state index contributed by atoms with van der Waals surface area (Å²) < 4.78 is 5.23. The van der Waals surface area contributed by atoms with Gasteiger partial charge < -0.3 is 4.74 Å². The molecule has 0 saturated carbocycles. The summed E-state index contributed by atoms with van der Waals surface area (Å²) in [6, 6.07) is 10.2. The molecule has 1 aromatic carbocycles. The molecule has 0 atom stereocenters. The molecule has 2 heterocycles. The molecule has 0 amide bonds. The molecular weight excluding hydrogens is 340 g/mol. The summed E-state index contributed by atoms with van der Waals surface area (Å²) in [5, 5.41) is 3.92. The van der Waals surface area contributed by atoms with Crippen molar-refractivity contribution in [2.45, 2.75) is 18.9 Å². The lowest BCUT2D eigenvalue weighted by Crippen LogP contribution is -2.11. The predicted molar refractivity (Wildman–Crippen MR) is 99.4 cm³/mol. The van der Waals surface area contributed by atoms with Gasteiger partial charge in [0.2, 0.25) is 0 Å². The Hall–Kier alpha value is -1.92. The van der Waals surface area contributed by atoms with Gasteiger partial charge in [-0.3, -0.25) is 4.79 Å². The maximum Gasteiger partial charge on any atom is 0.316 e. The van der Waals surface area contributed by atoms with Gasteiger partial charge in [0.25, 0.3) is 0 Å². The summed E-state index contributed by atoms with van der Waals surface area (Å²) in [7, 11) is 0. The van der Waals surface area contributed by atoms with Crippen molar-refractivity contribution in [3.63, 3.8) is 0 Å². The lowest BCUT2D eigenvalue weighted by Gasteiger charge is -2.07. The van der Waals surface area contributed by atoms with Crippen LogP contribution in [0.3, 0.4) is 0 Å². The molecule has 124 valence electrons. The average Bonchev–Trinajstić information content (AvgIpc) is 3.03. The molecule has 0 saturated heterocycles. The van der Waals surface area contributed by atoms with E-state index in [9.17, 15) is 4.79 Å². The topological polar surface area (TPSA) is 52.1 Å². The smallest absolute Gasteiger partial charge is 0.316 e. The third-order valence-corrected chi connectivity index (χ3v) is 5.17. The first-order valence-electron chi connectivity index (χ1n) is 7.71. The Kier molecular flexibility index (Phi) is 5.48. The largest absolute Gasteiger partial charge is 0.465 e. The highest BCUT2D eigenvalue weighted by Gasteiger charge is 2.15. The Morgan fingerprint density at radius 1 is 1.25 bits per heavy atom. The number of benzene rings is 1. The molecule has 0 radical (unpaired) electrons. The normalized spacial score (nSPS) is 11.1. The molecule has 0 unspecified atom stereocenters. The van der Waals surface area contributed by atoms with Crippen molar-refractivity contribution in [3.8, 4) is 11.1 Å². The van der Waals surface area contributed by atoms with Gasteiger partial charge in [-0.1, -0.05) is 55.9 Å². The molecule has 24 heavy (non-hydrogen) atoms. The highest BCUT2D eigenvalue weighted by atomic mass is 32.2. The number of carbonyl (C=O) groups is 1. The van der Waals surface area contributed by atoms with E-state index < -0.39 is 0 Å². The number of rotatable bonds is 6. The third-order valence-electron chi connectivity index (χ3n) is 3.32. The SMILES string of the molecule is CC(C)COC(=O)CSc1ncnc2scc(-c3ccccc3)c12. The summed E-state index contributed by atoms with van der Waals surface area (Å²) >= 11 is 2.99. The van der Waals surface area contributed by atoms with Crippen LogP contribution in [0.25, 0.3) is 21.3 Å². The maximum atomic E-state index is 11.9. The van der Waals surface area contributed by atoms with E-state index in [1.165, 1.54) is 11.8 Å². The van der Waals surface area contributed by atoms with Gasteiger partial charge in [-0.25, -0.2) is 9.97 Å². The van der Waals surface area contributed by atoms with E-state index in [4.69, 9.17) is 4.74 Å². The highest BCUT2D eigenvalue weighted by Crippen LogP contribution is 2.37. The number of thioether (sulfide) groups is 1. The van der Waals surface area contributed by atoms with Crippen molar-refractivity contribution in [2.75, 3.05) is 12.4 Å². The molecule has 3 aromatic rings. The van der Waals surface area contributed by atoms with Crippen LogP contribution < -0.4 is 0 Å². The maximum absolute atomic E-state index is 11.9. The number of thiophene rings is 1. The fourth-order valence-electron chi connectivity index (χ4n) is 2.22. The summed E-state index contributed by atoms with van der Waals surface area (Å²) in [5.74, 6) is 0.381. The van der Waals surface area contributed by atoms with Gasteiger partial charge >= 0.3 is 5.97 Å². The molecule has 2 aromatic heterocycles. The molecule has 0 bridgehead atoms. The second-order valence-corrected chi connectivity index (χ2v) is 7.56. The first-order valence-corrected chi connectivity index (χ1v) is 9.57. The van der Waals surface area contributed by atoms with Crippen molar-refractivity contribution in [1.82, 2.24) is 9.97 Å². The van der Waals surface area contributed by atoms with Crippen molar-refractivity contribution in [3.05, 3.63) is 42.0 Å².